The average Bonchev–Trinajstić information content (AvgIpc) is 2.94. The maximum atomic E-state index is 12.1. The summed E-state index contributed by atoms with van der Waals surface area (Å²) in [6.45, 7) is 7.42. The molecule has 0 amide bonds. The molecule has 3 unspecified atom stereocenters. The summed E-state index contributed by atoms with van der Waals surface area (Å²) < 4.78 is 22.5. The van der Waals surface area contributed by atoms with Crippen molar-refractivity contribution in [3.05, 3.63) is 29.3 Å². The van der Waals surface area contributed by atoms with E-state index >= 15 is 0 Å². The summed E-state index contributed by atoms with van der Waals surface area (Å²) in [6, 6.07) is 5.77. The van der Waals surface area contributed by atoms with Crippen LogP contribution in [-0.2, 0) is 39.8 Å². The van der Waals surface area contributed by atoms with Crippen LogP contribution in [0.4, 0.5) is 0 Å². The quantitative estimate of drug-likeness (QED) is 0.373. The van der Waals surface area contributed by atoms with Gasteiger partial charge in [-0.3, -0.25) is 19.2 Å². The maximum Gasteiger partial charge on any atom is 0.308 e. The summed E-state index contributed by atoms with van der Waals surface area (Å²) in [5.74, 6) is -1.04. The van der Waals surface area contributed by atoms with Crippen LogP contribution in [0.25, 0.3) is 0 Å². The van der Waals surface area contributed by atoms with Crippen molar-refractivity contribution in [1.82, 2.24) is 0 Å². The summed E-state index contributed by atoms with van der Waals surface area (Å²) >= 11 is 0. The normalized spacial score (nSPS) is 33.6. The summed E-state index contributed by atoms with van der Waals surface area (Å²) in [5.41, 5.74) is 1.84. The second-order valence-corrected chi connectivity index (χ2v) is 10.0. The van der Waals surface area contributed by atoms with Crippen molar-refractivity contribution in [1.29, 1.82) is 0 Å². The Labute approximate surface area is 199 Å². The third-order valence-electron chi connectivity index (χ3n) is 7.78. The van der Waals surface area contributed by atoms with Crippen molar-refractivity contribution in [3.8, 4) is 5.75 Å². The zero-order chi connectivity index (χ0) is 24.8. The van der Waals surface area contributed by atoms with Crippen molar-refractivity contribution in [3.63, 3.8) is 0 Å². The summed E-state index contributed by atoms with van der Waals surface area (Å²) in [5, 5.41) is 0. The van der Waals surface area contributed by atoms with Crippen LogP contribution >= 0.6 is 0 Å². The van der Waals surface area contributed by atoms with E-state index in [0.717, 1.165) is 31.2 Å². The highest BCUT2D eigenvalue weighted by atomic mass is 16.6. The highest BCUT2D eigenvalue weighted by molar-refractivity contribution is 5.70. The minimum atomic E-state index is -0.855. The number of hydrogen-bond donors (Lipinski definition) is 0. The van der Waals surface area contributed by atoms with Gasteiger partial charge in [-0.05, 0) is 60.8 Å². The van der Waals surface area contributed by atoms with Gasteiger partial charge in [-0.1, -0.05) is 13.0 Å². The molecule has 4 rings (SSSR count). The third-order valence-corrected chi connectivity index (χ3v) is 7.78. The Morgan fingerprint density at radius 1 is 0.853 bits per heavy atom. The number of rotatable bonds is 4. The number of aryl methyl sites for hydroxylation is 1. The van der Waals surface area contributed by atoms with E-state index in [1.807, 2.05) is 18.2 Å². The Balaban J connectivity index is 1.74. The van der Waals surface area contributed by atoms with E-state index in [1.54, 1.807) is 0 Å². The van der Waals surface area contributed by atoms with Gasteiger partial charge in [-0.25, -0.2) is 0 Å². The smallest absolute Gasteiger partial charge is 0.308 e. The molecule has 34 heavy (non-hydrogen) atoms. The number of carbonyl (C=O) groups is 4. The molecule has 0 heterocycles. The second-order valence-electron chi connectivity index (χ2n) is 10.0. The van der Waals surface area contributed by atoms with E-state index in [2.05, 4.69) is 6.92 Å². The number of ether oxygens (including phenoxy) is 4. The van der Waals surface area contributed by atoms with Crippen LogP contribution in [-0.4, -0.2) is 42.2 Å². The van der Waals surface area contributed by atoms with Gasteiger partial charge in [0.2, 0.25) is 0 Å². The summed E-state index contributed by atoms with van der Waals surface area (Å²) in [7, 11) is 0. The lowest BCUT2D eigenvalue weighted by Crippen LogP contribution is -2.47. The Kier molecular flexibility index (Phi) is 6.44. The minimum Gasteiger partial charge on any atom is -0.458 e. The average molecular weight is 473 g/mol. The Morgan fingerprint density at radius 2 is 1.50 bits per heavy atom. The lowest BCUT2D eigenvalue weighted by molar-refractivity contribution is -0.178. The largest absolute Gasteiger partial charge is 0.458 e. The van der Waals surface area contributed by atoms with E-state index in [-0.39, 0.29) is 23.7 Å². The molecule has 0 spiro atoms. The molecule has 0 aromatic heterocycles. The van der Waals surface area contributed by atoms with Crippen molar-refractivity contribution in [2.24, 2.45) is 17.3 Å². The van der Waals surface area contributed by atoms with E-state index in [9.17, 15) is 19.2 Å². The molecule has 0 radical (unpaired) electrons. The van der Waals surface area contributed by atoms with Crippen LogP contribution < -0.4 is 4.74 Å². The predicted molar refractivity (Wildman–Crippen MR) is 120 cm³/mol. The van der Waals surface area contributed by atoms with Crippen molar-refractivity contribution < 1.29 is 38.1 Å². The monoisotopic (exact) mass is 472 g/mol. The summed E-state index contributed by atoms with van der Waals surface area (Å²) in [6.07, 6.45) is 0.932. The fourth-order valence-electron chi connectivity index (χ4n) is 6.80. The first kappa shape index (κ1) is 24.2. The number of esters is 4. The van der Waals surface area contributed by atoms with Gasteiger partial charge in [0.05, 0.1) is 0 Å². The number of hydrogen-bond acceptors (Lipinski definition) is 8. The van der Waals surface area contributed by atoms with Crippen LogP contribution in [0.2, 0.25) is 0 Å². The molecule has 3 aliphatic carbocycles. The molecule has 2 fully saturated rings. The molecule has 3 aliphatic rings. The van der Waals surface area contributed by atoms with Crippen molar-refractivity contribution in [2.75, 3.05) is 0 Å². The van der Waals surface area contributed by atoms with Crippen molar-refractivity contribution >= 4 is 23.9 Å². The van der Waals surface area contributed by atoms with E-state index in [0.29, 0.717) is 5.75 Å². The van der Waals surface area contributed by atoms with Gasteiger partial charge in [0.25, 0.3) is 0 Å². The molecule has 0 N–H and O–H groups in total. The van der Waals surface area contributed by atoms with Crippen LogP contribution in [0.5, 0.6) is 5.75 Å². The molecular weight excluding hydrogens is 440 g/mol. The number of carbonyl (C=O) groups excluding carboxylic acids is 4. The van der Waals surface area contributed by atoms with Crippen LogP contribution in [0.1, 0.15) is 70.9 Å². The molecule has 8 heteroatoms. The lowest BCUT2D eigenvalue weighted by Gasteiger charge is -2.50. The fourth-order valence-corrected chi connectivity index (χ4v) is 6.80. The fraction of sp³-hybridized carbons (Fsp3) is 0.615. The zero-order valence-electron chi connectivity index (χ0n) is 20.3. The molecule has 0 aliphatic heterocycles. The number of fused-ring (bicyclic) bond motifs is 5. The SMILES string of the molecule is CC(=O)Oc1ccc2c(c1)CC[C@@H]1[C@@H]2CC[C@]2(C)C(OC(C)=O)C(OC(C)=O)C(OC(C)=O)[C@@H]12. The third kappa shape index (κ3) is 4.30. The molecule has 1 aromatic carbocycles. The minimum absolute atomic E-state index is 0.147. The Morgan fingerprint density at radius 3 is 2.12 bits per heavy atom. The molecule has 8 nitrogen and oxygen atoms in total. The maximum absolute atomic E-state index is 12.1. The molecule has 1 aromatic rings. The standard InChI is InChI=1S/C26H32O8/c1-13(27)31-18-7-9-19-17(12-18)6-8-21-20(19)10-11-26(5)22(21)23(32-14(2)28)24(33-15(3)29)25(26)34-16(4)30/h7,9,12,20-25H,6,8,10-11H2,1-5H3/t20-,21-,22-,23?,24?,25?,26+/m1/s1. The topological polar surface area (TPSA) is 105 Å². The van der Waals surface area contributed by atoms with E-state index < -0.39 is 41.6 Å². The predicted octanol–water partition coefficient (Wildman–Crippen LogP) is 3.48. The highest BCUT2D eigenvalue weighted by Gasteiger charge is 2.67. The van der Waals surface area contributed by atoms with E-state index in [1.165, 1.54) is 33.3 Å². The molecule has 7 atom stereocenters. The number of benzene rings is 1. The Bertz CT molecular complexity index is 1020. The van der Waals surface area contributed by atoms with Gasteiger partial charge in [-0.2, -0.15) is 0 Å². The highest BCUT2D eigenvalue weighted by Crippen LogP contribution is 2.62. The molecule has 0 bridgehead atoms. The van der Waals surface area contributed by atoms with Gasteiger partial charge in [0, 0.05) is 39.0 Å². The van der Waals surface area contributed by atoms with Crippen LogP contribution in [0.15, 0.2) is 18.2 Å². The first-order valence-electron chi connectivity index (χ1n) is 11.8. The van der Waals surface area contributed by atoms with Gasteiger partial charge in [-0.15, -0.1) is 0 Å². The molecule has 0 saturated heterocycles. The lowest BCUT2D eigenvalue weighted by atomic mass is 9.55. The van der Waals surface area contributed by atoms with Crippen LogP contribution in [0, 0.1) is 17.3 Å². The van der Waals surface area contributed by atoms with Crippen LogP contribution in [0.3, 0.4) is 0 Å². The zero-order valence-corrected chi connectivity index (χ0v) is 20.3. The first-order chi connectivity index (χ1) is 16.0. The molecule has 184 valence electrons. The molecule has 2 saturated carbocycles. The first-order valence-corrected chi connectivity index (χ1v) is 11.8. The van der Waals surface area contributed by atoms with Gasteiger partial charge in [0.15, 0.2) is 6.10 Å². The van der Waals surface area contributed by atoms with Gasteiger partial charge in [0.1, 0.15) is 18.0 Å². The Hall–Kier alpha value is -2.90. The van der Waals surface area contributed by atoms with Gasteiger partial charge < -0.3 is 18.9 Å². The van der Waals surface area contributed by atoms with E-state index in [4.69, 9.17) is 18.9 Å². The second kappa shape index (κ2) is 9.04. The molecular formula is C26H32O8. The van der Waals surface area contributed by atoms with Gasteiger partial charge >= 0.3 is 23.9 Å². The van der Waals surface area contributed by atoms with Crippen molar-refractivity contribution in [2.45, 2.75) is 84.5 Å². The summed E-state index contributed by atoms with van der Waals surface area (Å²) in [4.78, 5) is 47.5.